The molecule has 0 radical (unpaired) electrons. The molecule has 0 amide bonds. The fraction of sp³-hybridized carbons (Fsp3) is 0.750. The highest BCUT2D eigenvalue weighted by atomic mass is 19.1. The predicted molar refractivity (Wildman–Crippen MR) is 113 cm³/mol. The first kappa shape index (κ1) is 24.1. The molecular formula is C24H41FO2. The van der Waals surface area contributed by atoms with Crippen molar-refractivity contribution < 1.29 is 13.9 Å². The van der Waals surface area contributed by atoms with Gasteiger partial charge in [-0.05, 0) is 51.2 Å². The number of benzene rings is 1. The number of hydrogen-bond acceptors (Lipinski definition) is 2. The van der Waals surface area contributed by atoms with Crippen LogP contribution >= 0.6 is 0 Å². The van der Waals surface area contributed by atoms with E-state index in [0.717, 1.165) is 44.6 Å². The van der Waals surface area contributed by atoms with Crippen molar-refractivity contribution in [2.45, 2.75) is 97.0 Å². The average molecular weight is 381 g/mol. The lowest BCUT2D eigenvalue weighted by Crippen LogP contribution is -2.07. The molecule has 0 aliphatic rings. The summed E-state index contributed by atoms with van der Waals surface area (Å²) in [6, 6.07) is 7.15. The van der Waals surface area contributed by atoms with E-state index < -0.39 is 0 Å². The minimum Gasteiger partial charge on any atom is -0.381 e. The van der Waals surface area contributed by atoms with Crippen LogP contribution in [-0.4, -0.2) is 25.9 Å². The van der Waals surface area contributed by atoms with Crippen LogP contribution in [0.15, 0.2) is 24.3 Å². The molecule has 0 aromatic heterocycles. The SMILES string of the molecule is CC(C)OCCCOCCCCCCCCCCCCc1ccccc1F. The minimum atomic E-state index is -0.0527. The summed E-state index contributed by atoms with van der Waals surface area (Å²) >= 11 is 0. The molecule has 1 aromatic rings. The molecule has 0 heterocycles. The molecule has 1 aromatic carbocycles. The van der Waals surface area contributed by atoms with Gasteiger partial charge in [0.2, 0.25) is 0 Å². The molecule has 0 N–H and O–H groups in total. The molecule has 0 atom stereocenters. The Balaban J connectivity index is 1.74. The molecule has 3 heteroatoms. The fourth-order valence-electron chi connectivity index (χ4n) is 3.22. The van der Waals surface area contributed by atoms with Gasteiger partial charge < -0.3 is 9.47 Å². The third-order valence-electron chi connectivity index (χ3n) is 4.83. The standard InChI is InChI=1S/C24H41FO2/c1-22(2)27-21-15-20-26-19-14-10-8-6-4-3-5-7-9-11-16-23-17-12-13-18-24(23)25/h12-13,17-18,22H,3-11,14-16,19-21H2,1-2H3. The Morgan fingerprint density at radius 3 is 1.89 bits per heavy atom. The highest BCUT2D eigenvalue weighted by molar-refractivity contribution is 5.17. The first-order valence-electron chi connectivity index (χ1n) is 11.1. The van der Waals surface area contributed by atoms with Crippen LogP contribution < -0.4 is 0 Å². The van der Waals surface area contributed by atoms with Crippen molar-refractivity contribution in [3.05, 3.63) is 35.6 Å². The molecule has 0 fully saturated rings. The number of hydrogen-bond donors (Lipinski definition) is 0. The summed E-state index contributed by atoms with van der Waals surface area (Å²) in [7, 11) is 0. The molecule has 0 aliphatic carbocycles. The summed E-state index contributed by atoms with van der Waals surface area (Å²) in [5.74, 6) is -0.0527. The van der Waals surface area contributed by atoms with Gasteiger partial charge in [-0.1, -0.05) is 69.6 Å². The van der Waals surface area contributed by atoms with Crippen LogP contribution in [0.5, 0.6) is 0 Å². The van der Waals surface area contributed by atoms with Crippen LogP contribution in [0.25, 0.3) is 0 Å². The van der Waals surface area contributed by atoms with E-state index in [1.807, 2.05) is 12.1 Å². The van der Waals surface area contributed by atoms with Crippen molar-refractivity contribution >= 4 is 0 Å². The van der Waals surface area contributed by atoms with E-state index in [0.29, 0.717) is 6.10 Å². The van der Waals surface area contributed by atoms with Crippen LogP contribution in [0.2, 0.25) is 0 Å². The maximum atomic E-state index is 13.5. The van der Waals surface area contributed by atoms with Gasteiger partial charge in [0.05, 0.1) is 6.10 Å². The van der Waals surface area contributed by atoms with Crippen molar-refractivity contribution in [2.24, 2.45) is 0 Å². The molecule has 0 unspecified atom stereocenters. The summed E-state index contributed by atoms with van der Waals surface area (Å²) in [5, 5.41) is 0. The second-order valence-electron chi connectivity index (χ2n) is 7.76. The quantitative estimate of drug-likeness (QED) is 0.253. The Morgan fingerprint density at radius 2 is 1.26 bits per heavy atom. The molecule has 1 rings (SSSR count). The second-order valence-corrected chi connectivity index (χ2v) is 7.76. The molecule has 0 spiro atoms. The lowest BCUT2D eigenvalue weighted by molar-refractivity contribution is 0.0507. The summed E-state index contributed by atoms with van der Waals surface area (Å²) in [6.07, 6.45) is 14.9. The number of aryl methyl sites for hydroxylation is 1. The average Bonchev–Trinajstić information content (AvgIpc) is 2.65. The van der Waals surface area contributed by atoms with Gasteiger partial charge in [0.1, 0.15) is 5.82 Å². The first-order chi connectivity index (χ1) is 13.2. The molecule has 0 saturated heterocycles. The van der Waals surface area contributed by atoms with Crippen LogP contribution in [-0.2, 0) is 15.9 Å². The van der Waals surface area contributed by atoms with Crippen LogP contribution in [0.1, 0.15) is 90.0 Å². The molecule has 27 heavy (non-hydrogen) atoms. The fourth-order valence-corrected chi connectivity index (χ4v) is 3.22. The Kier molecular flexibility index (Phi) is 15.3. The minimum absolute atomic E-state index is 0.0527. The van der Waals surface area contributed by atoms with Gasteiger partial charge in [-0.15, -0.1) is 0 Å². The number of ether oxygens (including phenoxy) is 2. The highest BCUT2D eigenvalue weighted by Gasteiger charge is 2.00. The summed E-state index contributed by atoms with van der Waals surface area (Å²) in [6.45, 7) is 6.65. The van der Waals surface area contributed by atoms with Crippen molar-refractivity contribution in [1.82, 2.24) is 0 Å². The first-order valence-corrected chi connectivity index (χ1v) is 11.1. The van der Waals surface area contributed by atoms with Crippen molar-refractivity contribution in [2.75, 3.05) is 19.8 Å². The summed E-state index contributed by atoms with van der Waals surface area (Å²) in [5.41, 5.74) is 0.866. The van der Waals surface area contributed by atoms with Gasteiger partial charge in [0.25, 0.3) is 0 Å². The van der Waals surface area contributed by atoms with Gasteiger partial charge in [-0.3, -0.25) is 0 Å². The predicted octanol–water partition coefficient (Wildman–Crippen LogP) is 7.10. The van der Waals surface area contributed by atoms with Crippen LogP contribution in [0.3, 0.4) is 0 Å². The van der Waals surface area contributed by atoms with E-state index in [1.165, 1.54) is 57.8 Å². The van der Waals surface area contributed by atoms with Gasteiger partial charge in [0, 0.05) is 19.8 Å². The van der Waals surface area contributed by atoms with Crippen LogP contribution in [0, 0.1) is 5.82 Å². The molecule has 0 bridgehead atoms. The van der Waals surface area contributed by atoms with Gasteiger partial charge in [-0.25, -0.2) is 4.39 Å². The zero-order chi connectivity index (χ0) is 19.6. The largest absolute Gasteiger partial charge is 0.381 e. The van der Waals surface area contributed by atoms with E-state index in [-0.39, 0.29) is 5.82 Å². The normalized spacial score (nSPS) is 11.4. The van der Waals surface area contributed by atoms with Crippen molar-refractivity contribution in [1.29, 1.82) is 0 Å². The molecular weight excluding hydrogens is 339 g/mol. The van der Waals surface area contributed by atoms with E-state index in [4.69, 9.17) is 9.47 Å². The van der Waals surface area contributed by atoms with Crippen molar-refractivity contribution in [3.63, 3.8) is 0 Å². The van der Waals surface area contributed by atoms with Gasteiger partial charge in [-0.2, -0.15) is 0 Å². The van der Waals surface area contributed by atoms with Gasteiger partial charge in [0.15, 0.2) is 0 Å². The number of rotatable bonds is 18. The Morgan fingerprint density at radius 1 is 0.704 bits per heavy atom. The monoisotopic (exact) mass is 380 g/mol. The van der Waals surface area contributed by atoms with E-state index >= 15 is 0 Å². The number of halogens is 1. The zero-order valence-electron chi connectivity index (χ0n) is 17.7. The highest BCUT2D eigenvalue weighted by Crippen LogP contribution is 2.14. The molecule has 2 nitrogen and oxygen atoms in total. The summed E-state index contributed by atoms with van der Waals surface area (Å²) < 4.78 is 24.6. The van der Waals surface area contributed by atoms with Gasteiger partial charge >= 0.3 is 0 Å². The maximum absolute atomic E-state index is 13.5. The third-order valence-corrected chi connectivity index (χ3v) is 4.83. The Hall–Kier alpha value is -0.930. The maximum Gasteiger partial charge on any atom is 0.126 e. The molecule has 156 valence electrons. The third kappa shape index (κ3) is 14.8. The topological polar surface area (TPSA) is 18.5 Å². The lowest BCUT2D eigenvalue weighted by atomic mass is 10.0. The summed E-state index contributed by atoms with van der Waals surface area (Å²) in [4.78, 5) is 0. The van der Waals surface area contributed by atoms with Crippen LogP contribution in [0.4, 0.5) is 4.39 Å². The smallest absolute Gasteiger partial charge is 0.126 e. The van der Waals surface area contributed by atoms with E-state index in [9.17, 15) is 4.39 Å². The second kappa shape index (κ2) is 17.2. The lowest BCUT2D eigenvalue weighted by Gasteiger charge is -2.07. The van der Waals surface area contributed by atoms with E-state index in [2.05, 4.69) is 13.8 Å². The Bertz CT molecular complexity index is 448. The Labute approximate surface area is 166 Å². The molecule has 0 aliphatic heterocycles. The number of unbranched alkanes of at least 4 members (excludes halogenated alkanes) is 9. The van der Waals surface area contributed by atoms with E-state index in [1.54, 1.807) is 12.1 Å². The molecule has 0 saturated carbocycles. The zero-order valence-corrected chi connectivity index (χ0v) is 17.7. The van der Waals surface area contributed by atoms with Crippen molar-refractivity contribution in [3.8, 4) is 0 Å².